The van der Waals surface area contributed by atoms with Gasteiger partial charge < -0.3 is 0 Å². The van der Waals surface area contributed by atoms with Crippen LogP contribution in [0.2, 0.25) is 0 Å². The Bertz CT molecular complexity index is 1020. The molecule has 0 saturated heterocycles. The number of allylic oxidation sites excluding steroid dienone is 4. The summed E-state index contributed by atoms with van der Waals surface area (Å²) in [5.74, 6) is 0.968. The van der Waals surface area contributed by atoms with E-state index in [4.69, 9.17) is 0 Å². The minimum atomic E-state index is -0.724. The van der Waals surface area contributed by atoms with Gasteiger partial charge in [0.1, 0.15) is 0 Å². The largest absolute Gasteiger partial charge is 0.203 e. The average Bonchev–Trinajstić information content (AvgIpc) is 2.91. The minimum absolute atomic E-state index is 0.350. The third kappa shape index (κ3) is 6.96. The number of rotatable bonds is 10. The first-order valence-electron chi connectivity index (χ1n) is 14.5. The average molecular weight is 491 g/mol. The summed E-state index contributed by atoms with van der Waals surface area (Å²) in [5.41, 5.74) is 4.15. The van der Waals surface area contributed by atoms with Gasteiger partial charge in [-0.05, 0) is 97.8 Å². The monoisotopic (exact) mass is 490 g/mol. The van der Waals surface area contributed by atoms with E-state index in [1.54, 1.807) is 12.1 Å². The number of aryl methyl sites for hydroxylation is 1. The predicted octanol–water partition coefficient (Wildman–Crippen LogP) is 10.7. The van der Waals surface area contributed by atoms with Gasteiger partial charge in [-0.3, -0.25) is 0 Å². The van der Waals surface area contributed by atoms with Crippen LogP contribution in [0.4, 0.5) is 8.78 Å². The molecular formula is C34H44F2. The molecule has 1 saturated carbocycles. The van der Waals surface area contributed by atoms with E-state index >= 15 is 4.39 Å². The van der Waals surface area contributed by atoms with Crippen molar-refractivity contribution in [3.8, 4) is 11.1 Å². The summed E-state index contributed by atoms with van der Waals surface area (Å²) < 4.78 is 29.9. The van der Waals surface area contributed by atoms with Crippen molar-refractivity contribution in [3.63, 3.8) is 0 Å². The molecule has 36 heavy (non-hydrogen) atoms. The van der Waals surface area contributed by atoms with Gasteiger partial charge in [-0.25, -0.2) is 8.78 Å². The fourth-order valence-electron chi connectivity index (χ4n) is 6.30. The molecule has 0 aliphatic heterocycles. The summed E-state index contributed by atoms with van der Waals surface area (Å²) in [6.07, 6.45) is 22.1. The Morgan fingerprint density at radius 3 is 2.14 bits per heavy atom. The third-order valence-electron chi connectivity index (χ3n) is 8.52. The first-order chi connectivity index (χ1) is 17.6. The molecule has 0 amide bonds. The molecule has 194 valence electrons. The van der Waals surface area contributed by atoms with Crippen molar-refractivity contribution in [2.45, 2.75) is 97.3 Å². The van der Waals surface area contributed by atoms with E-state index in [1.165, 1.54) is 68.9 Å². The summed E-state index contributed by atoms with van der Waals surface area (Å²) in [6, 6.07) is 11.5. The lowest BCUT2D eigenvalue weighted by molar-refractivity contribution is 0.294. The molecule has 2 aromatic rings. The van der Waals surface area contributed by atoms with Crippen LogP contribution in [-0.2, 0) is 6.42 Å². The predicted molar refractivity (Wildman–Crippen MR) is 150 cm³/mol. The maximum Gasteiger partial charge on any atom is 0.166 e. The zero-order valence-corrected chi connectivity index (χ0v) is 22.4. The van der Waals surface area contributed by atoms with Crippen LogP contribution in [0, 0.1) is 29.4 Å². The highest BCUT2D eigenvalue weighted by atomic mass is 19.2. The van der Waals surface area contributed by atoms with Crippen LogP contribution >= 0.6 is 0 Å². The van der Waals surface area contributed by atoms with E-state index in [-0.39, 0.29) is 0 Å². The molecule has 0 N–H and O–H groups in total. The summed E-state index contributed by atoms with van der Waals surface area (Å²) in [4.78, 5) is 0. The zero-order chi connectivity index (χ0) is 25.3. The molecule has 0 radical (unpaired) electrons. The Morgan fingerprint density at radius 1 is 0.778 bits per heavy atom. The summed E-state index contributed by atoms with van der Waals surface area (Å²) in [7, 11) is 0. The molecule has 2 aliphatic carbocycles. The van der Waals surface area contributed by atoms with Crippen molar-refractivity contribution in [1.82, 2.24) is 0 Å². The smallest absolute Gasteiger partial charge is 0.166 e. The van der Waals surface area contributed by atoms with Gasteiger partial charge in [-0.2, -0.15) is 0 Å². The van der Waals surface area contributed by atoms with E-state index in [2.05, 4.69) is 44.2 Å². The van der Waals surface area contributed by atoms with Crippen LogP contribution in [0.15, 0.2) is 54.6 Å². The maximum atomic E-state index is 15.0. The van der Waals surface area contributed by atoms with Crippen LogP contribution in [0.3, 0.4) is 0 Å². The van der Waals surface area contributed by atoms with Crippen LogP contribution in [-0.4, -0.2) is 0 Å². The van der Waals surface area contributed by atoms with Gasteiger partial charge in [0.05, 0.1) is 0 Å². The molecule has 0 aromatic heterocycles. The summed E-state index contributed by atoms with van der Waals surface area (Å²) in [6.45, 7) is 4.53. The van der Waals surface area contributed by atoms with Crippen LogP contribution in [0.1, 0.15) is 102 Å². The Hall–Kier alpha value is -2.22. The molecule has 1 fully saturated rings. The fourth-order valence-corrected chi connectivity index (χ4v) is 6.30. The van der Waals surface area contributed by atoms with Crippen LogP contribution in [0.5, 0.6) is 0 Å². The highest BCUT2D eigenvalue weighted by Crippen LogP contribution is 2.35. The van der Waals surface area contributed by atoms with Crippen LogP contribution in [0.25, 0.3) is 16.7 Å². The summed E-state index contributed by atoms with van der Waals surface area (Å²) >= 11 is 0. The second-order valence-corrected chi connectivity index (χ2v) is 11.2. The SMILES string of the molecule is CCCC1CC=C(c2ccc(-c3ccc(CC/C=C/C4CCC(CCC)CC4)c(F)c3F)cc2)CC1. The molecular weight excluding hydrogens is 446 g/mol. The van der Waals surface area contributed by atoms with E-state index < -0.39 is 11.6 Å². The second kappa shape index (κ2) is 13.4. The second-order valence-electron chi connectivity index (χ2n) is 11.2. The van der Waals surface area contributed by atoms with Crippen molar-refractivity contribution in [2.24, 2.45) is 17.8 Å². The van der Waals surface area contributed by atoms with Crippen molar-refractivity contribution in [2.75, 3.05) is 0 Å². The Kier molecular flexibility index (Phi) is 9.96. The lowest BCUT2D eigenvalue weighted by Crippen LogP contribution is -2.12. The number of benzene rings is 2. The van der Waals surface area contributed by atoms with E-state index in [1.807, 2.05) is 12.1 Å². The zero-order valence-electron chi connectivity index (χ0n) is 22.4. The van der Waals surface area contributed by atoms with Crippen molar-refractivity contribution >= 4 is 5.57 Å². The first kappa shape index (κ1) is 26.8. The van der Waals surface area contributed by atoms with E-state index in [0.29, 0.717) is 23.5 Å². The number of halogens is 2. The highest BCUT2D eigenvalue weighted by molar-refractivity contribution is 5.71. The van der Waals surface area contributed by atoms with Crippen molar-refractivity contribution < 1.29 is 8.78 Å². The molecule has 0 spiro atoms. The Morgan fingerprint density at radius 2 is 1.47 bits per heavy atom. The van der Waals surface area contributed by atoms with Crippen molar-refractivity contribution in [3.05, 3.63) is 77.4 Å². The van der Waals surface area contributed by atoms with Gasteiger partial charge in [0.15, 0.2) is 11.6 Å². The van der Waals surface area contributed by atoms with E-state index in [9.17, 15) is 4.39 Å². The van der Waals surface area contributed by atoms with Gasteiger partial charge in [-0.15, -0.1) is 0 Å². The molecule has 2 aliphatic rings. The van der Waals surface area contributed by atoms with Gasteiger partial charge in [0.25, 0.3) is 0 Å². The molecule has 0 bridgehead atoms. The normalized spacial score (nSPS) is 22.7. The van der Waals surface area contributed by atoms with Gasteiger partial charge in [-0.1, -0.05) is 94.2 Å². The third-order valence-corrected chi connectivity index (χ3v) is 8.52. The number of hydrogen-bond donors (Lipinski definition) is 0. The fraction of sp³-hybridized carbons (Fsp3) is 0.529. The van der Waals surface area contributed by atoms with Crippen molar-refractivity contribution in [1.29, 1.82) is 0 Å². The highest BCUT2D eigenvalue weighted by Gasteiger charge is 2.19. The first-order valence-corrected chi connectivity index (χ1v) is 14.5. The van der Waals surface area contributed by atoms with Gasteiger partial charge in [0, 0.05) is 5.56 Å². The molecule has 2 heteroatoms. The summed E-state index contributed by atoms with van der Waals surface area (Å²) in [5, 5.41) is 0. The maximum absolute atomic E-state index is 15.0. The minimum Gasteiger partial charge on any atom is -0.203 e. The lowest BCUT2D eigenvalue weighted by atomic mass is 9.80. The standard InChI is InChI=1S/C34H44F2/c1-3-7-25-11-13-27(14-12-25)9-5-6-10-31-23-24-32(34(36)33(31)35)30-21-19-29(20-22-30)28-17-15-26(8-4-2)16-18-28/h5,9,17,19-27H,3-4,6-8,10-16,18H2,1-2H3/b9-5+. The van der Waals surface area contributed by atoms with Crippen LogP contribution < -0.4 is 0 Å². The molecule has 2 aromatic carbocycles. The Balaban J connectivity index is 1.33. The molecule has 4 rings (SSSR count). The van der Waals surface area contributed by atoms with E-state index in [0.717, 1.165) is 36.7 Å². The van der Waals surface area contributed by atoms with Gasteiger partial charge in [0.2, 0.25) is 0 Å². The molecule has 0 nitrogen and oxygen atoms in total. The quantitative estimate of drug-likeness (QED) is 0.291. The van der Waals surface area contributed by atoms with Gasteiger partial charge >= 0.3 is 0 Å². The Labute approximate surface area is 217 Å². The lowest BCUT2D eigenvalue weighted by Gasteiger charge is -2.26. The topological polar surface area (TPSA) is 0 Å². The molecule has 1 atom stereocenters. The molecule has 0 heterocycles. The molecule has 1 unspecified atom stereocenters. The number of hydrogen-bond acceptors (Lipinski definition) is 0.